The van der Waals surface area contributed by atoms with E-state index in [0.29, 0.717) is 18.9 Å². The summed E-state index contributed by atoms with van der Waals surface area (Å²) in [6.45, 7) is 7.19. The van der Waals surface area contributed by atoms with E-state index in [9.17, 15) is 4.39 Å². The van der Waals surface area contributed by atoms with E-state index in [2.05, 4.69) is 31.1 Å². The Kier molecular flexibility index (Phi) is 4.73. The number of nitrogens with zero attached hydrogens (tertiary/aromatic N) is 1. The van der Waals surface area contributed by atoms with Gasteiger partial charge in [0.25, 0.3) is 0 Å². The molecule has 1 heterocycles. The molecule has 0 bridgehead atoms. The molecule has 108 valence electrons. The van der Waals surface area contributed by atoms with E-state index < -0.39 is 0 Å². The van der Waals surface area contributed by atoms with Crippen molar-refractivity contribution >= 4 is 11.3 Å². The Morgan fingerprint density at radius 3 is 2.80 bits per heavy atom. The lowest BCUT2D eigenvalue weighted by Crippen LogP contribution is -2.35. The van der Waals surface area contributed by atoms with Crippen molar-refractivity contribution in [3.05, 3.63) is 46.2 Å². The predicted octanol–water partition coefficient (Wildman–Crippen LogP) is 3.75. The molecule has 3 nitrogen and oxygen atoms in total. The summed E-state index contributed by atoms with van der Waals surface area (Å²) in [5.41, 5.74) is 0.787. The standard InChI is InChI=1S/C15H19FN2OS/c1-15(2,3)18-9-11-8-12(16)4-5-13(11)19-10-14-17-6-7-20-14/h4-8,18H,9-10H2,1-3H3. The molecule has 0 aliphatic rings. The SMILES string of the molecule is CC(C)(C)NCc1cc(F)ccc1OCc1nccs1. The van der Waals surface area contributed by atoms with Crippen LogP contribution in [0.3, 0.4) is 0 Å². The van der Waals surface area contributed by atoms with Gasteiger partial charge in [-0.15, -0.1) is 11.3 Å². The molecule has 0 amide bonds. The van der Waals surface area contributed by atoms with E-state index in [1.165, 1.54) is 12.1 Å². The predicted molar refractivity (Wildman–Crippen MR) is 79.4 cm³/mol. The molecule has 0 saturated heterocycles. The molecule has 0 fully saturated rings. The summed E-state index contributed by atoms with van der Waals surface area (Å²) in [5, 5.41) is 6.15. The first-order chi connectivity index (χ1) is 9.44. The first-order valence-electron chi connectivity index (χ1n) is 6.49. The Balaban J connectivity index is 2.07. The van der Waals surface area contributed by atoms with Gasteiger partial charge in [0.2, 0.25) is 0 Å². The van der Waals surface area contributed by atoms with Gasteiger partial charge in [0.15, 0.2) is 0 Å². The normalized spacial score (nSPS) is 11.6. The Bertz CT molecular complexity index is 549. The van der Waals surface area contributed by atoms with Gasteiger partial charge in [0.05, 0.1) is 0 Å². The fourth-order valence-electron chi connectivity index (χ4n) is 1.65. The molecular formula is C15H19FN2OS. The summed E-state index contributed by atoms with van der Waals surface area (Å²) < 4.78 is 19.1. The first kappa shape index (κ1) is 14.9. The summed E-state index contributed by atoms with van der Waals surface area (Å²) in [6.07, 6.45) is 1.75. The highest BCUT2D eigenvalue weighted by atomic mass is 32.1. The number of halogens is 1. The quantitative estimate of drug-likeness (QED) is 0.912. The zero-order valence-corrected chi connectivity index (χ0v) is 12.8. The molecule has 20 heavy (non-hydrogen) atoms. The second kappa shape index (κ2) is 6.33. The van der Waals surface area contributed by atoms with Crippen LogP contribution < -0.4 is 10.1 Å². The van der Waals surface area contributed by atoms with Crippen molar-refractivity contribution in [2.24, 2.45) is 0 Å². The summed E-state index contributed by atoms with van der Waals surface area (Å²) >= 11 is 1.54. The molecule has 0 atom stereocenters. The van der Waals surface area contributed by atoms with Crippen LogP contribution in [0.2, 0.25) is 0 Å². The molecular weight excluding hydrogens is 275 g/mol. The van der Waals surface area contributed by atoms with E-state index in [0.717, 1.165) is 10.6 Å². The van der Waals surface area contributed by atoms with Crippen LogP contribution in [0.5, 0.6) is 5.75 Å². The number of hydrogen-bond donors (Lipinski definition) is 1. The topological polar surface area (TPSA) is 34.1 Å². The summed E-state index contributed by atoms with van der Waals surface area (Å²) in [5.74, 6) is 0.440. The number of nitrogens with one attached hydrogen (secondary N) is 1. The number of ether oxygens (including phenoxy) is 1. The van der Waals surface area contributed by atoms with Crippen LogP contribution in [0, 0.1) is 5.82 Å². The van der Waals surface area contributed by atoms with Crippen LogP contribution in [0.15, 0.2) is 29.8 Å². The number of hydrogen-bond acceptors (Lipinski definition) is 4. The van der Waals surface area contributed by atoms with Crippen molar-refractivity contribution in [3.8, 4) is 5.75 Å². The van der Waals surface area contributed by atoms with Gasteiger partial charge in [-0.05, 0) is 39.0 Å². The monoisotopic (exact) mass is 294 g/mol. The van der Waals surface area contributed by atoms with Crippen molar-refractivity contribution < 1.29 is 9.13 Å². The minimum Gasteiger partial charge on any atom is -0.486 e. The third-order valence-electron chi connectivity index (χ3n) is 2.67. The van der Waals surface area contributed by atoms with Gasteiger partial charge in [0.1, 0.15) is 23.2 Å². The molecule has 1 aromatic heterocycles. The van der Waals surface area contributed by atoms with Gasteiger partial charge in [-0.1, -0.05) is 0 Å². The maximum atomic E-state index is 13.4. The number of benzene rings is 1. The lowest BCUT2D eigenvalue weighted by molar-refractivity contribution is 0.299. The van der Waals surface area contributed by atoms with E-state index in [1.807, 2.05) is 5.38 Å². The van der Waals surface area contributed by atoms with Crippen molar-refractivity contribution in [1.82, 2.24) is 10.3 Å². The Labute approximate surface area is 122 Å². The Morgan fingerprint density at radius 2 is 2.15 bits per heavy atom. The second-order valence-corrected chi connectivity index (χ2v) is 6.55. The highest BCUT2D eigenvalue weighted by Gasteiger charge is 2.12. The third-order valence-corrected chi connectivity index (χ3v) is 3.42. The van der Waals surface area contributed by atoms with Crippen LogP contribution in [0.25, 0.3) is 0 Å². The van der Waals surface area contributed by atoms with Crippen LogP contribution in [-0.2, 0) is 13.2 Å². The van der Waals surface area contributed by atoms with E-state index in [-0.39, 0.29) is 11.4 Å². The van der Waals surface area contributed by atoms with Crippen LogP contribution in [0.4, 0.5) is 4.39 Å². The molecule has 0 aliphatic heterocycles. The Hall–Kier alpha value is -1.46. The maximum absolute atomic E-state index is 13.4. The highest BCUT2D eigenvalue weighted by Crippen LogP contribution is 2.22. The van der Waals surface area contributed by atoms with Gasteiger partial charge in [-0.2, -0.15) is 0 Å². The summed E-state index contributed by atoms with van der Waals surface area (Å²) in [7, 11) is 0. The number of rotatable bonds is 5. The van der Waals surface area contributed by atoms with E-state index >= 15 is 0 Å². The third kappa shape index (κ3) is 4.58. The molecule has 0 spiro atoms. The molecule has 2 aromatic rings. The molecule has 0 aliphatic carbocycles. The van der Waals surface area contributed by atoms with Crippen molar-refractivity contribution in [2.75, 3.05) is 0 Å². The molecule has 1 N–H and O–H groups in total. The minimum absolute atomic E-state index is 0.0289. The average molecular weight is 294 g/mol. The van der Waals surface area contributed by atoms with Crippen LogP contribution in [-0.4, -0.2) is 10.5 Å². The fraction of sp³-hybridized carbons (Fsp3) is 0.400. The van der Waals surface area contributed by atoms with Crippen molar-refractivity contribution in [3.63, 3.8) is 0 Å². The second-order valence-electron chi connectivity index (χ2n) is 5.57. The van der Waals surface area contributed by atoms with Gasteiger partial charge in [0, 0.05) is 29.2 Å². The molecule has 5 heteroatoms. The summed E-state index contributed by atoms with van der Waals surface area (Å²) in [6, 6.07) is 4.59. The van der Waals surface area contributed by atoms with E-state index in [4.69, 9.17) is 4.74 Å². The zero-order valence-electron chi connectivity index (χ0n) is 11.9. The zero-order chi connectivity index (χ0) is 14.6. The van der Waals surface area contributed by atoms with Gasteiger partial charge in [-0.3, -0.25) is 0 Å². The first-order valence-corrected chi connectivity index (χ1v) is 7.37. The van der Waals surface area contributed by atoms with E-state index in [1.54, 1.807) is 23.6 Å². The maximum Gasteiger partial charge on any atom is 0.140 e. The fourth-order valence-corrected chi connectivity index (χ4v) is 2.18. The largest absolute Gasteiger partial charge is 0.486 e. The number of aromatic nitrogens is 1. The van der Waals surface area contributed by atoms with Crippen LogP contribution in [0.1, 0.15) is 31.3 Å². The lowest BCUT2D eigenvalue weighted by atomic mass is 10.1. The Morgan fingerprint density at radius 1 is 1.35 bits per heavy atom. The molecule has 1 aromatic carbocycles. The summed E-state index contributed by atoms with van der Waals surface area (Å²) in [4.78, 5) is 4.17. The average Bonchev–Trinajstić information content (AvgIpc) is 2.87. The van der Waals surface area contributed by atoms with Crippen LogP contribution >= 0.6 is 11.3 Å². The van der Waals surface area contributed by atoms with Gasteiger partial charge in [-0.25, -0.2) is 9.37 Å². The molecule has 0 saturated carbocycles. The van der Waals surface area contributed by atoms with Gasteiger partial charge >= 0.3 is 0 Å². The highest BCUT2D eigenvalue weighted by molar-refractivity contribution is 7.09. The number of thiazole rings is 1. The van der Waals surface area contributed by atoms with Crippen molar-refractivity contribution in [1.29, 1.82) is 0 Å². The minimum atomic E-state index is -0.252. The molecule has 2 rings (SSSR count). The lowest BCUT2D eigenvalue weighted by Gasteiger charge is -2.21. The molecule has 0 radical (unpaired) electrons. The van der Waals surface area contributed by atoms with Gasteiger partial charge < -0.3 is 10.1 Å². The smallest absolute Gasteiger partial charge is 0.140 e. The van der Waals surface area contributed by atoms with Crippen molar-refractivity contribution in [2.45, 2.75) is 39.5 Å². The molecule has 0 unspecified atom stereocenters.